The molecule has 0 aliphatic rings. The van der Waals surface area contributed by atoms with Gasteiger partial charge >= 0.3 is 0 Å². The Morgan fingerprint density at radius 1 is 1.62 bits per heavy atom. The number of sulfone groups is 1. The molecule has 1 unspecified atom stereocenters. The molecule has 0 saturated heterocycles. The molecule has 0 aliphatic heterocycles. The number of nitrogens with two attached hydrogens (primary N) is 1. The molecule has 13 heavy (non-hydrogen) atoms. The molecule has 0 radical (unpaired) electrons. The molecular weight excluding hydrogens is 206 g/mol. The van der Waals surface area contributed by atoms with Crippen LogP contribution in [-0.2, 0) is 9.84 Å². The summed E-state index contributed by atoms with van der Waals surface area (Å²) in [7, 11) is -3.12. The highest BCUT2D eigenvalue weighted by Crippen LogP contribution is 2.22. The minimum absolute atomic E-state index is 0.379. The van der Waals surface area contributed by atoms with Crippen LogP contribution in [0.3, 0.4) is 0 Å². The Labute approximate surface area is 82.5 Å². The van der Waals surface area contributed by atoms with Crippen LogP contribution in [0.4, 0.5) is 0 Å². The van der Waals surface area contributed by atoms with E-state index in [1.54, 1.807) is 24.4 Å². The van der Waals surface area contributed by atoms with Gasteiger partial charge in [0.15, 0.2) is 9.84 Å². The Morgan fingerprint density at radius 2 is 2.31 bits per heavy atom. The van der Waals surface area contributed by atoms with E-state index in [0.29, 0.717) is 17.2 Å². The van der Waals surface area contributed by atoms with Crippen LogP contribution in [0, 0.1) is 0 Å². The molecule has 1 aromatic heterocycles. The van der Waals surface area contributed by atoms with Crippen molar-refractivity contribution >= 4 is 21.2 Å². The zero-order chi connectivity index (χ0) is 9.90. The molecule has 0 amide bonds. The second-order valence-electron chi connectivity index (χ2n) is 2.87. The highest BCUT2D eigenvalue weighted by molar-refractivity contribution is 7.94. The van der Waals surface area contributed by atoms with Crippen molar-refractivity contribution in [2.24, 2.45) is 5.73 Å². The highest BCUT2D eigenvalue weighted by atomic mass is 32.2. The average Bonchev–Trinajstić information content (AvgIpc) is 2.56. The van der Waals surface area contributed by atoms with Gasteiger partial charge in [-0.05, 0) is 31.3 Å². The molecule has 0 aromatic carbocycles. The number of hydrogen-bond donors (Lipinski definition) is 1. The van der Waals surface area contributed by atoms with Gasteiger partial charge in [-0.15, -0.1) is 11.3 Å². The molecule has 0 aliphatic carbocycles. The van der Waals surface area contributed by atoms with Crippen molar-refractivity contribution in [3.63, 3.8) is 0 Å². The highest BCUT2D eigenvalue weighted by Gasteiger charge is 2.22. The monoisotopic (exact) mass is 219 g/mol. The summed E-state index contributed by atoms with van der Waals surface area (Å²) in [5.74, 6) is 0. The third kappa shape index (κ3) is 2.30. The van der Waals surface area contributed by atoms with Crippen LogP contribution in [-0.4, -0.2) is 20.2 Å². The third-order valence-corrected chi connectivity index (χ3v) is 5.52. The molecule has 1 aromatic rings. The lowest BCUT2D eigenvalue weighted by atomic mass is 10.3. The van der Waals surface area contributed by atoms with E-state index in [1.807, 2.05) is 0 Å². The van der Waals surface area contributed by atoms with Crippen LogP contribution in [0.5, 0.6) is 0 Å². The van der Waals surface area contributed by atoms with E-state index in [-0.39, 0.29) is 5.25 Å². The van der Waals surface area contributed by atoms with Crippen LogP contribution >= 0.6 is 11.3 Å². The first-order valence-corrected chi connectivity index (χ1v) is 6.49. The quantitative estimate of drug-likeness (QED) is 0.829. The minimum Gasteiger partial charge on any atom is -0.330 e. The van der Waals surface area contributed by atoms with Crippen molar-refractivity contribution in [3.05, 3.63) is 17.5 Å². The summed E-state index contributed by atoms with van der Waals surface area (Å²) in [5, 5.41) is 1.39. The summed E-state index contributed by atoms with van der Waals surface area (Å²) in [6.07, 6.45) is 0.514. The topological polar surface area (TPSA) is 60.2 Å². The largest absolute Gasteiger partial charge is 0.330 e. The van der Waals surface area contributed by atoms with E-state index in [1.165, 1.54) is 11.3 Å². The molecule has 1 rings (SSSR count). The fraction of sp³-hybridized carbons (Fsp3) is 0.500. The first kappa shape index (κ1) is 10.7. The SMILES string of the molecule is CC(CCN)S(=O)(=O)c1cccs1. The summed E-state index contributed by atoms with van der Waals surface area (Å²) in [6.45, 7) is 2.10. The second-order valence-corrected chi connectivity index (χ2v) is 6.41. The Morgan fingerprint density at radius 3 is 2.77 bits per heavy atom. The van der Waals surface area contributed by atoms with Crippen molar-refractivity contribution in [1.82, 2.24) is 0 Å². The average molecular weight is 219 g/mol. The van der Waals surface area contributed by atoms with E-state index in [2.05, 4.69) is 0 Å². The van der Waals surface area contributed by atoms with Gasteiger partial charge < -0.3 is 5.73 Å². The second kappa shape index (κ2) is 4.21. The first-order chi connectivity index (χ1) is 6.09. The summed E-state index contributed by atoms with van der Waals surface area (Å²) >= 11 is 1.26. The summed E-state index contributed by atoms with van der Waals surface area (Å²) in [5.41, 5.74) is 5.32. The lowest BCUT2D eigenvalue weighted by Gasteiger charge is -2.09. The van der Waals surface area contributed by atoms with Crippen LogP contribution in [0.1, 0.15) is 13.3 Å². The van der Waals surface area contributed by atoms with Crippen molar-refractivity contribution in [2.75, 3.05) is 6.54 Å². The van der Waals surface area contributed by atoms with Gasteiger partial charge in [-0.25, -0.2) is 8.42 Å². The number of thiophene rings is 1. The number of hydrogen-bond acceptors (Lipinski definition) is 4. The van der Waals surface area contributed by atoms with Gasteiger partial charge in [-0.1, -0.05) is 6.07 Å². The molecule has 2 N–H and O–H groups in total. The van der Waals surface area contributed by atoms with E-state index in [9.17, 15) is 8.42 Å². The molecule has 0 bridgehead atoms. The maximum Gasteiger partial charge on any atom is 0.190 e. The van der Waals surface area contributed by atoms with Crippen LogP contribution in [0.25, 0.3) is 0 Å². The van der Waals surface area contributed by atoms with E-state index in [0.717, 1.165) is 0 Å². The zero-order valence-corrected chi connectivity index (χ0v) is 9.07. The van der Waals surface area contributed by atoms with E-state index < -0.39 is 9.84 Å². The molecule has 3 nitrogen and oxygen atoms in total. The van der Waals surface area contributed by atoms with Crippen LogP contribution in [0.2, 0.25) is 0 Å². The van der Waals surface area contributed by atoms with Gasteiger partial charge in [0.25, 0.3) is 0 Å². The fourth-order valence-electron chi connectivity index (χ4n) is 1.01. The van der Waals surface area contributed by atoms with Gasteiger partial charge in [0.1, 0.15) is 4.21 Å². The Hall–Kier alpha value is -0.390. The Bertz CT molecular complexity index is 342. The lowest BCUT2D eigenvalue weighted by molar-refractivity contribution is 0.580. The zero-order valence-electron chi connectivity index (χ0n) is 7.43. The van der Waals surface area contributed by atoms with E-state index >= 15 is 0 Å². The Kier molecular flexibility index (Phi) is 3.47. The fourth-order valence-corrected chi connectivity index (χ4v) is 3.77. The van der Waals surface area contributed by atoms with E-state index in [4.69, 9.17) is 5.73 Å². The van der Waals surface area contributed by atoms with Crippen LogP contribution in [0.15, 0.2) is 21.7 Å². The van der Waals surface area contributed by atoms with Gasteiger partial charge in [-0.3, -0.25) is 0 Å². The normalized spacial score (nSPS) is 14.3. The van der Waals surface area contributed by atoms with Crippen molar-refractivity contribution in [2.45, 2.75) is 22.8 Å². The molecule has 1 atom stereocenters. The molecule has 5 heteroatoms. The van der Waals surface area contributed by atoms with Gasteiger partial charge in [0.05, 0.1) is 5.25 Å². The smallest absolute Gasteiger partial charge is 0.190 e. The molecule has 1 heterocycles. The molecule has 0 saturated carbocycles. The number of rotatable bonds is 4. The molecule has 0 fully saturated rings. The summed E-state index contributed by atoms with van der Waals surface area (Å²) in [6, 6.07) is 3.37. The van der Waals surface area contributed by atoms with Crippen molar-refractivity contribution in [1.29, 1.82) is 0 Å². The minimum atomic E-state index is -3.12. The molecule has 74 valence electrons. The third-order valence-electron chi connectivity index (χ3n) is 1.88. The standard InChI is InChI=1S/C8H13NO2S2/c1-7(4-5-9)13(10,11)8-3-2-6-12-8/h2-3,6-7H,4-5,9H2,1H3. The van der Waals surface area contributed by atoms with Gasteiger partial charge in [0.2, 0.25) is 0 Å². The Balaban J connectivity index is 2.90. The van der Waals surface area contributed by atoms with Gasteiger partial charge in [-0.2, -0.15) is 0 Å². The predicted molar refractivity (Wildman–Crippen MR) is 54.6 cm³/mol. The maximum absolute atomic E-state index is 11.7. The summed E-state index contributed by atoms with van der Waals surface area (Å²) in [4.78, 5) is 0. The predicted octanol–water partition coefficient (Wildman–Crippen LogP) is 1.26. The van der Waals surface area contributed by atoms with Crippen molar-refractivity contribution < 1.29 is 8.42 Å². The maximum atomic E-state index is 11.7. The van der Waals surface area contributed by atoms with Crippen LogP contribution < -0.4 is 5.73 Å². The molecule has 0 spiro atoms. The lowest BCUT2D eigenvalue weighted by Crippen LogP contribution is -2.20. The van der Waals surface area contributed by atoms with Crippen molar-refractivity contribution in [3.8, 4) is 0 Å². The molecular formula is C8H13NO2S2. The summed E-state index contributed by atoms with van der Waals surface area (Å²) < 4.78 is 23.9. The first-order valence-electron chi connectivity index (χ1n) is 4.06. The van der Waals surface area contributed by atoms with Gasteiger partial charge in [0, 0.05) is 0 Å².